The minimum Gasteiger partial charge on any atom is -0.462 e. The Labute approximate surface area is 182 Å². The van der Waals surface area contributed by atoms with E-state index in [2.05, 4.69) is 19.9 Å². The fourth-order valence-electron chi connectivity index (χ4n) is 9.76. The lowest BCUT2D eigenvalue weighted by molar-refractivity contribution is -0.151. The van der Waals surface area contributed by atoms with Gasteiger partial charge in [0, 0.05) is 18.8 Å². The SMILES string of the molecule is CC(=O)O[C@@H]1CC[C@@]2(C)C(=CCC3C2CC[C@@]2(C)C3CC3CCCCC32C(C)=O)C1. The summed E-state index contributed by atoms with van der Waals surface area (Å²) in [6.07, 6.45) is 15.6. The van der Waals surface area contributed by atoms with Crippen LogP contribution in [0.4, 0.5) is 0 Å². The molecule has 0 aromatic heterocycles. The Morgan fingerprint density at radius 1 is 1.00 bits per heavy atom. The van der Waals surface area contributed by atoms with Gasteiger partial charge in [-0.15, -0.1) is 0 Å². The summed E-state index contributed by atoms with van der Waals surface area (Å²) in [5.41, 5.74) is 1.97. The minimum atomic E-state index is -0.144. The maximum absolute atomic E-state index is 13.2. The zero-order valence-corrected chi connectivity index (χ0v) is 19.5. The van der Waals surface area contributed by atoms with Crippen molar-refractivity contribution in [3.05, 3.63) is 11.6 Å². The standard InChI is InChI=1S/C27H40O3/c1-17(28)27-12-6-5-7-20(27)16-24-22-9-8-19-15-21(30-18(2)29)10-13-25(19,3)23(22)11-14-26(24,27)4/h8,20-24H,5-7,9-16H2,1-4H3/t20?,21-,22?,23?,24?,25+,26+,27?/m1/s1. The van der Waals surface area contributed by atoms with Crippen LogP contribution in [-0.4, -0.2) is 17.9 Å². The normalized spacial score (nSPS) is 49.7. The van der Waals surface area contributed by atoms with Crippen LogP contribution in [0.25, 0.3) is 0 Å². The molecule has 30 heavy (non-hydrogen) atoms. The highest BCUT2D eigenvalue weighted by Gasteiger charge is 2.68. The second kappa shape index (κ2) is 6.94. The van der Waals surface area contributed by atoms with Crippen molar-refractivity contribution < 1.29 is 14.3 Å². The first-order valence-electron chi connectivity index (χ1n) is 12.6. The topological polar surface area (TPSA) is 43.4 Å². The van der Waals surface area contributed by atoms with Crippen LogP contribution in [0.15, 0.2) is 11.6 Å². The third kappa shape index (κ3) is 2.62. The van der Waals surface area contributed by atoms with E-state index in [1.54, 1.807) is 5.57 Å². The Morgan fingerprint density at radius 3 is 2.53 bits per heavy atom. The number of Topliss-reactive ketones (excluding diaryl/α,β-unsaturated/α-hetero) is 1. The number of fused-ring (bicyclic) bond motifs is 7. The second-order valence-electron chi connectivity index (χ2n) is 11.9. The highest BCUT2D eigenvalue weighted by atomic mass is 16.5. The van der Waals surface area contributed by atoms with Gasteiger partial charge in [-0.3, -0.25) is 9.59 Å². The van der Waals surface area contributed by atoms with Gasteiger partial charge in [-0.25, -0.2) is 0 Å². The summed E-state index contributed by atoms with van der Waals surface area (Å²) in [5.74, 6) is 3.13. The van der Waals surface area contributed by atoms with Gasteiger partial charge in [0.2, 0.25) is 0 Å². The van der Waals surface area contributed by atoms with Crippen molar-refractivity contribution in [3.63, 3.8) is 0 Å². The van der Waals surface area contributed by atoms with Crippen molar-refractivity contribution in [2.24, 2.45) is 39.9 Å². The molecule has 0 aliphatic heterocycles. The van der Waals surface area contributed by atoms with Crippen LogP contribution in [0.1, 0.15) is 98.3 Å². The fourth-order valence-corrected chi connectivity index (χ4v) is 9.76. The lowest BCUT2D eigenvalue weighted by atomic mass is 9.44. The van der Waals surface area contributed by atoms with E-state index in [0.29, 0.717) is 17.6 Å². The van der Waals surface area contributed by atoms with E-state index in [9.17, 15) is 9.59 Å². The van der Waals surface area contributed by atoms with E-state index >= 15 is 0 Å². The molecule has 5 aliphatic carbocycles. The number of allylic oxidation sites excluding steroid dienone is 1. The molecule has 3 heteroatoms. The molecule has 4 saturated carbocycles. The maximum Gasteiger partial charge on any atom is 0.302 e. The first kappa shape index (κ1) is 20.8. The van der Waals surface area contributed by atoms with Crippen LogP contribution in [0, 0.1) is 39.9 Å². The summed E-state index contributed by atoms with van der Waals surface area (Å²) in [4.78, 5) is 24.7. The third-order valence-corrected chi connectivity index (χ3v) is 11.0. The van der Waals surface area contributed by atoms with Gasteiger partial charge in [0.25, 0.3) is 0 Å². The Kier molecular flexibility index (Phi) is 4.80. The summed E-state index contributed by atoms with van der Waals surface area (Å²) in [6, 6.07) is 0. The highest BCUT2D eigenvalue weighted by Crippen LogP contribution is 2.73. The number of ketones is 1. The summed E-state index contributed by atoms with van der Waals surface area (Å²) < 4.78 is 5.59. The molecule has 0 N–H and O–H groups in total. The molecule has 0 amide bonds. The van der Waals surface area contributed by atoms with E-state index in [1.807, 2.05) is 6.92 Å². The molecule has 166 valence electrons. The highest BCUT2D eigenvalue weighted by molar-refractivity contribution is 5.84. The van der Waals surface area contributed by atoms with Gasteiger partial charge in [0.1, 0.15) is 11.9 Å². The predicted molar refractivity (Wildman–Crippen MR) is 118 cm³/mol. The van der Waals surface area contributed by atoms with Crippen molar-refractivity contribution in [2.45, 2.75) is 104 Å². The van der Waals surface area contributed by atoms with Gasteiger partial charge in [-0.2, -0.15) is 0 Å². The monoisotopic (exact) mass is 412 g/mol. The third-order valence-electron chi connectivity index (χ3n) is 11.0. The van der Waals surface area contributed by atoms with E-state index in [4.69, 9.17) is 4.74 Å². The zero-order chi connectivity index (χ0) is 21.3. The number of hydrogen-bond donors (Lipinski definition) is 0. The molecule has 5 rings (SSSR count). The Bertz CT molecular complexity index is 783. The molecule has 0 saturated heterocycles. The Balaban J connectivity index is 1.46. The average molecular weight is 413 g/mol. The number of carbonyl (C=O) groups is 2. The molecule has 0 aromatic rings. The van der Waals surface area contributed by atoms with Crippen molar-refractivity contribution in [1.82, 2.24) is 0 Å². The van der Waals surface area contributed by atoms with E-state index in [1.165, 1.54) is 51.9 Å². The minimum absolute atomic E-state index is 0.0429. The van der Waals surface area contributed by atoms with Gasteiger partial charge in [-0.05, 0) is 92.8 Å². The molecule has 4 fully saturated rings. The quantitative estimate of drug-likeness (QED) is 0.397. The van der Waals surface area contributed by atoms with Crippen LogP contribution in [0.5, 0.6) is 0 Å². The summed E-state index contributed by atoms with van der Waals surface area (Å²) in [7, 11) is 0. The van der Waals surface area contributed by atoms with E-state index in [-0.39, 0.29) is 28.3 Å². The van der Waals surface area contributed by atoms with E-state index in [0.717, 1.165) is 37.5 Å². The number of ether oxygens (including phenoxy) is 1. The van der Waals surface area contributed by atoms with Crippen LogP contribution < -0.4 is 0 Å². The first-order chi connectivity index (χ1) is 14.2. The van der Waals surface area contributed by atoms with Gasteiger partial charge in [-0.1, -0.05) is 38.3 Å². The van der Waals surface area contributed by atoms with Gasteiger partial charge >= 0.3 is 5.97 Å². The molecule has 3 nitrogen and oxygen atoms in total. The van der Waals surface area contributed by atoms with Gasteiger partial charge in [0.15, 0.2) is 0 Å². The van der Waals surface area contributed by atoms with Crippen LogP contribution in [0.2, 0.25) is 0 Å². The number of esters is 1. The molecule has 0 bridgehead atoms. The summed E-state index contributed by atoms with van der Waals surface area (Å²) in [5, 5.41) is 0. The van der Waals surface area contributed by atoms with Crippen LogP contribution in [-0.2, 0) is 14.3 Å². The lowest BCUT2D eigenvalue weighted by Gasteiger charge is -2.60. The molecule has 5 aliphatic rings. The van der Waals surface area contributed by atoms with Crippen LogP contribution >= 0.6 is 0 Å². The molecular weight excluding hydrogens is 372 g/mol. The smallest absolute Gasteiger partial charge is 0.302 e. The molecule has 5 unspecified atom stereocenters. The molecule has 0 spiro atoms. The second-order valence-corrected chi connectivity index (χ2v) is 11.9. The van der Waals surface area contributed by atoms with Gasteiger partial charge in [0.05, 0.1) is 0 Å². The number of carbonyl (C=O) groups excluding carboxylic acids is 2. The molecular formula is C27H40O3. The van der Waals surface area contributed by atoms with Crippen molar-refractivity contribution in [2.75, 3.05) is 0 Å². The predicted octanol–water partition coefficient (Wildman–Crippen LogP) is 6.26. The fraction of sp³-hybridized carbons (Fsp3) is 0.852. The average Bonchev–Trinajstić information content (AvgIpc) is 2.98. The first-order valence-corrected chi connectivity index (χ1v) is 12.6. The Hall–Kier alpha value is -1.12. The van der Waals surface area contributed by atoms with Crippen molar-refractivity contribution in [1.29, 1.82) is 0 Å². The Morgan fingerprint density at radius 2 is 1.80 bits per heavy atom. The maximum atomic E-state index is 13.2. The van der Waals surface area contributed by atoms with Crippen molar-refractivity contribution >= 4 is 11.8 Å². The largest absolute Gasteiger partial charge is 0.462 e. The zero-order valence-electron chi connectivity index (χ0n) is 19.5. The van der Waals surface area contributed by atoms with E-state index < -0.39 is 0 Å². The van der Waals surface area contributed by atoms with Gasteiger partial charge < -0.3 is 4.74 Å². The molecule has 0 radical (unpaired) electrons. The van der Waals surface area contributed by atoms with Crippen molar-refractivity contribution in [3.8, 4) is 0 Å². The number of hydrogen-bond acceptors (Lipinski definition) is 3. The summed E-state index contributed by atoms with van der Waals surface area (Å²) >= 11 is 0. The molecule has 0 aromatic carbocycles. The molecule has 8 atom stereocenters. The lowest BCUT2D eigenvalue weighted by Crippen LogP contribution is -2.55. The number of rotatable bonds is 2. The molecule has 0 heterocycles. The summed E-state index contributed by atoms with van der Waals surface area (Å²) in [6.45, 7) is 8.46. The van der Waals surface area contributed by atoms with Crippen LogP contribution in [0.3, 0.4) is 0 Å².